The molecular weight excluding hydrogens is 274 g/mol. The molecule has 0 saturated carbocycles. The molecule has 2 rings (SSSR count). The zero-order chi connectivity index (χ0) is 16.1. The maximum Gasteiger partial charge on any atom is 0.137 e. The van der Waals surface area contributed by atoms with Crippen LogP contribution >= 0.6 is 0 Å². The molecule has 0 bridgehead atoms. The lowest BCUT2D eigenvalue weighted by molar-refractivity contribution is -0.931. The van der Waals surface area contributed by atoms with Gasteiger partial charge in [0.1, 0.15) is 25.0 Å². The molecule has 0 aliphatic carbocycles. The summed E-state index contributed by atoms with van der Waals surface area (Å²) in [5.74, 6) is 1.39. The fourth-order valence-corrected chi connectivity index (χ4v) is 3.50. The molecule has 3 nitrogen and oxygen atoms in total. The quantitative estimate of drug-likeness (QED) is 0.846. The van der Waals surface area contributed by atoms with Crippen LogP contribution in [0.4, 0.5) is 0 Å². The average Bonchev–Trinajstić information content (AvgIpc) is 2.47. The number of nitrogens with one attached hydrogen (secondary N) is 1. The molecule has 124 valence electrons. The molecular formula is C19H32NO2+. The van der Waals surface area contributed by atoms with Crippen LogP contribution in [-0.2, 0) is 0 Å². The Labute approximate surface area is 135 Å². The minimum absolute atomic E-state index is 0.386. The number of aliphatic hydroxyl groups excluding tert-OH is 1. The molecule has 0 aromatic heterocycles. The Morgan fingerprint density at radius 2 is 2.09 bits per heavy atom. The van der Waals surface area contributed by atoms with Crippen molar-refractivity contribution >= 4 is 0 Å². The summed E-state index contributed by atoms with van der Waals surface area (Å²) in [5, 5.41) is 10.2. The van der Waals surface area contributed by atoms with Crippen molar-refractivity contribution in [2.45, 2.75) is 65.0 Å². The van der Waals surface area contributed by atoms with Gasteiger partial charge in [-0.15, -0.1) is 0 Å². The van der Waals surface area contributed by atoms with E-state index in [4.69, 9.17) is 4.74 Å². The molecule has 0 amide bonds. The normalized spacial score (nSPS) is 23.5. The van der Waals surface area contributed by atoms with Gasteiger partial charge in [-0.1, -0.05) is 19.9 Å². The van der Waals surface area contributed by atoms with Crippen molar-refractivity contribution in [3.05, 3.63) is 29.3 Å². The van der Waals surface area contributed by atoms with Crippen molar-refractivity contribution in [1.29, 1.82) is 0 Å². The first-order valence-electron chi connectivity index (χ1n) is 8.73. The molecule has 1 aromatic carbocycles. The highest BCUT2D eigenvalue weighted by molar-refractivity contribution is 5.36. The fraction of sp³-hybridized carbons (Fsp3) is 0.684. The third-order valence-corrected chi connectivity index (χ3v) is 4.89. The predicted molar refractivity (Wildman–Crippen MR) is 90.8 cm³/mol. The molecule has 3 atom stereocenters. The standard InChI is InChI=1S/C19H31NO2/c1-14(2)19-9-8-18(11-15(19)3)22-13-17(21)12-20-10-6-5-7-16(20)4/h8-9,11,14,16-17,21H,5-7,10,12-13H2,1-4H3/p+1/t16-,17+/m0/s1. The Hall–Kier alpha value is -1.06. The Morgan fingerprint density at radius 1 is 1.32 bits per heavy atom. The number of hydrogen-bond acceptors (Lipinski definition) is 2. The molecule has 0 radical (unpaired) electrons. The number of rotatable bonds is 6. The Bertz CT molecular complexity index is 473. The number of aliphatic hydroxyl groups is 1. The number of quaternary nitrogens is 1. The van der Waals surface area contributed by atoms with E-state index in [0.717, 1.165) is 12.3 Å². The lowest BCUT2D eigenvalue weighted by atomic mass is 9.98. The van der Waals surface area contributed by atoms with E-state index in [0.29, 0.717) is 18.6 Å². The van der Waals surface area contributed by atoms with Gasteiger partial charge in [-0.2, -0.15) is 0 Å². The van der Waals surface area contributed by atoms with Gasteiger partial charge in [0.15, 0.2) is 0 Å². The van der Waals surface area contributed by atoms with Crippen LogP contribution in [0.3, 0.4) is 0 Å². The Balaban J connectivity index is 1.83. The van der Waals surface area contributed by atoms with E-state index in [2.05, 4.69) is 39.8 Å². The highest BCUT2D eigenvalue weighted by Crippen LogP contribution is 2.23. The third-order valence-electron chi connectivity index (χ3n) is 4.89. The van der Waals surface area contributed by atoms with Crippen LogP contribution in [0.2, 0.25) is 0 Å². The molecule has 0 spiro atoms. The van der Waals surface area contributed by atoms with Crippen LogP contribution < -0.4 is 9.64 Å². The van der Waals surface area contributed by atoms with E-state index in [9.17, 15) is 5.11 Å². The van der Waals surface area contributed by atoms with Crippen LogP contribution in [0, 0.1) is 6.92 Å². The second-order valence-corrected chi connectivity index (χ2v) is 7.15. The van der Waals surface area contributed by atoms with Crippen LogP contribution in [0.25, 0.3) is 0 Å². The van der Waals surface area contributed by atoms with Crippen LogP contribution in [0.1, 0.15) is 57.1 Å². The topological polar surface area (TPSA) is 33.9 Å². The molecule has 1 saturated heterocycles. The molecule has 1 unspecified atom stereocenters. The fourth-order valence-electron chi connectivity index (χ4n) is 3.50. The van der Waals surface area contributed by atoms with Gasteiger partial charge in [-0.3, -0.25) is 0 Å². The summed E-state index contributed by atoms with van der Waals surface area (Å²) in [5.41, 5.74) is 2.62. The molecule has 1 aliphatic rings. The van der Waals surface area contributed by atoms with Gasteiger partial charge in [-0.05, 0) is 62.3 Å². The first-order valence-corrected chi connectivity index (χ1v) is 8.73. The summed E-state index contributed by atoms with van der Waals surface area (Å²) in [4.78, 5) is 1.52. The van der Waals surface area contributed by atoms with E-state index in [1.54, 1.807) is 0 Å². The van der Waals surface area contributed by atoms with Crippen LogP contribution in [-0.4, -0.2) is 36.9 Å². The van der Waals surface area contributed by atoms with Crippen molar-refractivity contribution in [2.75, 3.05) is 19.7 Å². The maximum atomic E-state index is 10.2. The highest BCUT2D eigenvalue weighted by Gasteiger charge is 2.24. The number of hydrogen-bond donors (Lipinski definition) is 2. The number of aryl methyl sites for hydroxylation is 1. The minimum atomic E-state index is -0.388. The average molecular weight is 306 g/mol. The summed E-state index contributed by atoms with van der Waals surface area (Å²) < 4.78 is 5.80. The smallest absolute Gasteiger partial charge is 0.137 e. The molecule has 1 aliphatic heterocycles. The van der Waals surface area contributed by atoms with Crippen LogP contribution in [0.15, 0.2) is 18.2 Å². The SMILES string of the molecule is Cc1cc(OC[C@H](O)C[NH+]2CCCC[C@@H]2C)ccc1C(C)C. The number of ether oxygens (including phenoxy) is 1. The van der Waals surface area contributed by atoms with Crippen molar-refractivity contribution in [2.24, 2.45) is 0 Å². The largest absolute Gasteiger partial charge is 0.491 e. The lowest BCUT2D eigenvalue weighted by Gasteiger charge is -2.31. The summed E-state index contributed by atoms with van der Waals surface area (Å²) in [6.45, 7) is 11.2. The monoisotopic (exact) mass is 306 g/mol. The summed E-state index contributed by atoms with van der Waals surface area (Å²) in [7, 11) is 0. The van der Waals surface area contributed by atoms with E-state index >= 15 is 0 Å². The van der Waals surface area contributed by atoms with Gasteiger partial charge in [0, 0.05) is 0 Å². The lowest BCUT2D eigenvalue weighted by Crippen LogP contribution is -3.17. The zero-order valence-electron chi connectivity index (χ0n) is 14.6. The minimum Gasteiger partial charge on any atom is -0.491 e. The summed E-state index contributed by atoms with van der Waals surface area (Å²) in [6.07, 6.45) is 3.50. The number of piperidine rings is 1. The maximum absolute atomic E-state index is 10.2. The van der Waals surface area contributed by atoms with Crippen molar-refractivity contribution < 1.29 is 14.7 Å². The third kappa shape index (κ3) is 4.72. The number of likely N-dealkylation sites (tertiary alicyclic amines) is 1. The van der Waals surface area contributed by atoms with Gasteiger partial charge in [0.2, 0.25) is 0 Å². The van der Waals surface area contributed by atoms with E-state index in [-0.39, 0.29) is 6.10 Å². The summed E-state index contributed by atoms with van der Waals surface area (Å²) >= 11 is 0. The molecule has 3 heteroatoms. The van der Waals surface area contributed by atoms with Gasteiger partial charge in [0.05, 0.1) is 12.6 Å². The second kappa shape index (κ2) is 7.98. The first kappa shape index (κ1) is 17.3. The van der Waals surface area contributed by atoms with Crippen LogP contribution in [0.5, 0.6) is 5.75 Å². The van der Waals surface area contributed by atoms with E-state index in [1.165, 1.54) is 41.8 Å². The zero-order valence-corrected chi connectivity index (χ0v) is 14.6. The Kier molecular flexibility index (Phi) is 6.27. The van der Waals surface area contributed by atoms with Crippen molar-refractivity contribution in [3.63, 3.8) is 0 Å². The molecule has 1 heterocycles. The second-order valence-electron chi connectivity index (χ2n) is 7.15. The highest BCUT2D eigenvalue weighted by atomic mass is 16.5. The summed E-state index contributed by atoms with van der Waals surface area (Å²) in [6, 6.07) is 6.90. The van der Waals surface area contributed by atoms with Crippen molar-refractivity contribution in [3.8, 4) is 5.75 Å². The first-order chi connectivity index (χ1) is 10.5. The van der Waals surface area contributed by atoms with Crippen molar-refractivity contribution in [1.82, 2.24) is 0 Å². The molecule has 1 aromatic rings. The van der Waals surface area contributed by atoms with Gasteiger partial charge < -0.3 is 14.7 Å². The molecule has 2 N–H and O–H groups in total. The van der Waals surface area contributed by atoms with Gasteiger partial charge in [-0.25, -0.2) is 0 Å². The van der Waals surface area contributed by atoms with E-state index < -0.39 is 0 Å². The number of benzene rings is 1. The van der Waals surface area contributed by atoms with Gasteiger partial charge in [0.25, 0.3) is 0 Å². The molecule has 1 fully saturated rings. The predicted octanol–water partition coefficient (Wildman–Crippen LogP) is 2.32. The van der Waals surface area contributed by atoms with Gasteiger partial charge >= 0.3 is 0 Å². The van der Waals surface area contributed by atoms with E-state index in [1.807, 2.05) is 6.07 Å². The Morgan fingerprint density at radius 3 is 2.73 bits per heavy atom. The molecule has 22 heavy (non-hydrogen) atoms.